The molecule has 29 heavy (non-hydrogen) atoms. The maximum atomic E-state index is 12.7. The molecule has 2 aliphatic rings. The van der Waals surface area contributed by atoms with Gasteiger partial charge in [-0.3, -0.25) is 9.59 Å². The number of thiophene rings is 1. The number of carbonyl (C=O) groups is 2. The number of likely N-dealkylation sites (tertiary alicyclic amines) is 1. The molecule has 1 saturated heterocycles. The first kappa shape index (κ1) is 20.1. The second kappa shape index (κ2) is 8.70. The van der Waals surface area contributed by atoms with Crippen molar-refractivity contribution in [3.63, 3.8) is 0 Å². The highest BCUT2D eigenvalue weighted by atomic mass is 32.1. The minimum absolute atomic E-state index is 0.0191. The minimum Gasteiger partial charge on any atom is -0.347 e. The molecule has 0 saturated carbocycles. The van der Waals surface area contributed by atoms with E-state index in [-0.39, 0.29) is 11.8 Å². The molecule has 154 valence electrons. The second-order valence-electron chi connectivity index (χ2n) is 8.73. The number of fused-ring (bicyclic) bond motifs is 1. The average molecular weight is 411 g/mol. The summed E-state index contributed by atoms with van der Waals surface area (Å²) < 4.78 is 0. The first-order valence-electron chi connectivity index (χ1n) is 10.7. The Morgan fingerprint density at radius 2 is 2.07 bits per heavy atom. The minimum atomic E-state index is 0.0191. The van der Waals surface area contributed by atoms with Gasteiger partial charge in [-0.2, -0.15) is 0 Å². The topological polar surface area (TPSA) is 49.4 Å². The Hall–Kier alpha value is -2.14. The predicted molar refractivity (Wildman–Crippen MR) is 117 cm³/mol. The summed E-state index contributed by atoms with van der Waals surface area (Å²) in [6.07, 6.45) is 5.07. The molecule has 5 heteroatoms. The van der Waals surface area contributed by atoms with Gasteiger partial charge in [-0.1, -0.05) is 38.1 Å². The smallest absolute Gasteiger partial charge is 0.261 e. The van der Waals surface area contributed by atoms with Crippen molar-refractivity contribution < 1.29 is 9.59 Å². The Kier molecular flexibility index (Phi) is 6.04. The lowest BCUT2D eigenvalue weighted by molar-refractivity contribution is -0.128. The zero-order chi connectivity index (χ0) is 20.4. The highest BCUT2D eigenvalue weighted by Gasteiger charge is 2.24. The van der Waals surface area contributed by atoms with Gasteiger partial charge in [-0.05, 0) is 60.3 Å². The van der Waals surface area contributed by atoms with E-state index in [4.69, 9.17) is 0 Å². The van der Waals surface area contributed by atoms with Gasteiger partial charge < -0.3 is 10.2 Å². The third-order valence-electron chi connectivity index (χ3n) is 6.28. The zero-order valence-corrected chi connectivity index (χ0v) is 18.2. The van der Waals surface area contributed by atoms with E-state index < -0.39 is 0 Å². The summed E-state index contributed by atoms with van der Waals surface area (Å²) in [4.78, 5) is 28.7. The van der Waals surface area contributed by atoms with E-state index in [1.54, 1.807) is 11.3 Å². The standard InChI is InChI=1S/C24H30N2O2S/c1-16(2)19-8-9-21-20(12-19)13-22(29-21)24(28)25-14-17-5-3-6-18(11-17)15-26-10-4-7-23(26)27/h3,5-6,11,13,16,19H,4,7-10,12,14-15H2,1-2H3,(H,25,28). The van der Waals surface area contributed by atoms with Crippen LogP contribution in [0.3, 0.4) is 0 Å². The van der Waals surface area contributed by atoms with Crippen molar-refractivity contribution in [1.82, 2.24) is 10.2 Å². The number of nitrogens with one attached hydrogen (secondary N) is 1. The van der Waals surface area contributed by atoms with E-state index in [9.17, 15) is 9.59 Å². The van der Waals surface area contributed by atoms with Crippen LogP contribution in [0, 0.1) is 11.8 Å². The van der Waals surface area contributed by atoms with Gasteiger partial charge in [-0.15, -0.1) is 11.3 Å². The van der Waals surface area contributed by atoms with Gasteiger partial charge in [0.05, 0.1) is 4.88 Å². The van der Waals surface area contributed by atoms with E-state index in [1.165, 1.54) is 16.9 Å². The van der Waals surface area contributed by atoms with E-state index >= 15 is 0 Å². The fraction of sp³-hybridized carbons (Fsp3) is 0.500. The summed E-state index contributed by atoms with van der Waals surface area (Å²) >= 11 is 1.66. The highest BCUT2D eigenvalue weighted by molar-refractivity contribution is 7.14. The molecule has 0 spiro atoms. The molecular formula is C24H30N2O2S. The maximum Gasteiger partial charge on any atom is 0.261 e. The molecule has 4 rings (SSSR count). The van der Waals surface area contributed by atoms with E-state index in [0.717, 1.165) is 47.7 Å². The van der Waals surface area contributed by atoms with Crippen LogP contribution in [0.5, 0.6) is 0 Å². The molecule has 1 atom stereocenters. The van der Waals surface area contributed by atoms with Crippen molar-refractivity contribution in [1.29, 1.82) is 0 Å². The number of rotatable bonds is 6. The van der Waals surface area contributed by atoms with Crippen LogP contribution in [0.15, 0.2) is 30.3 Å². The molecule has 0 radical (unpaired) electrons. The van der Waals surface area contributed by atoms with Crippen molar-refractivity contribution in [3.05, 3.63) is 56.8 Å². The van der Waals surface area contributed by atoms with Crippen LogP contribution in [-0.2, 0) is 30.7 Å². The number of carbonyl (C=O) groups excluding carboxylic acids is 2. The molecule has 1 aliphatic carbocycles. The second-order valence-corrected chi connectivity index (χ2v) is 9.86. The van der Waals surface area contributed by atoms with Gasteiger partial charge in [0.25, 0.3) is 5.91 Å². The van der Waals surface area contributed by atoms with Crippen molar-refractivity contribution in [2.45, 2.75) is 59.0 Å². The van der Waals surface area contributed by atoms with Gasteiger partial charge in [0.15, 0.2) is 0 Å². The van der Waals surface area contributed by atoms with Crippen LogP contribution >= 0.6 is 11.3 Å². The van der Waals surface area contributed by atoms with Gasteiger partial charge in [-0.25, -0.2) is 0 Å². The summed E-state index contributed by atoms with van der Waals surface area (Å²) in [5.41, 5.74) is 3.57. The molecule has 2 aromatic rings. The van der Waals surface area contributed by atoms with Gasteiger partial charge in [0.1, 0.15) is 0 Å². The van der Waals surface area contributed by atoms with Crippen LogP contribution < -0.4 is 5.32 Å². The predicted octanol–water partition coefficient (Wildman–Crippen LogP) is 4.56. The third kappa shape index (κ3) is 4.72. The summed E-state index contributed by atoms with van der Waals surface area (Å²) in [5.74, 6) is 1.69. The first-order chi connectivity index (χ1) is 14.0. The van der Waals surface area contributed by atoms with Gasteiger partial charge in [0, 0.05) is 30.9 Å². The number of aryl methyl sites for hydroxylation is 1. The number of hydrogen-bond acceptors (Lipinski definition) is 3. The molecule has 1 fully saturated rings. The quantitative estimate of drug-likeness (QED) is 0.759. The number of benzene rings is 1. The molecule has 4 nitrogen and oxygen atoms in total. The Morgan fingerprint density at radius 3 is 2.83 bits per heavy atom. The summed E-state index contributed by atoms with van der Waals surface area (Å²) in [5, 5.41) is 3.08. The Morgan fingerprint density at radius 1 is 1.24 bits per heavy atom. The number of nitrogens with zero attached hydrogens (tertiary/aromatic N) is 1. The molecule has 1 unspecified atom stereocenters. The Balaban J connectivity index is 1.35. The van der Waals surface area contributed by atoms with Gasteiger partial charge in [0.2, 0.25) is 5.91 Å². The summed E-state index contributed by atoms with van der Waals surface area (Å²) in [6.45, 7) is 6.61. The Labute approximate surface area is 177 Å². The summed E-state index contributed by atoms with van der Waals surface area (Å²) in [7, 11) is 0. The van der Waals surface area contributed by atoms with Crippen molar-refractivity contribution in [2.75, 3.05) is 6.54 Å². The molecular weight excluding hydrogens is 380 g/mol. The van der Waals surface area contributed by atoms with Crippen LogP contribution in [-0.4, -0.2) is 23.3 Å². The Bertz CT molecular complexity index is 902. The van der Waals surface area contributed by atoms with Crippen LogP contribution in [0.2, 0.25) is 0 Å². The normalized spacial score (nSPS) is 18.9. The maximum absolute atomic E-state index is 12.7. The molecule has 1 aliphatic heterocycles. The average Bonchev–Trinajstić information content (AvgIpc) is 3.32. The van der Waals surface area contributed by atoms with E-state index in [2.05, 4.69) is 37.4 Å². The molecule has 1 N–H and O–H groups in total. The fourth-order valence-electron chi connectivity index (χ4n) is 4.43. The summed E-state index contributed by atoms with van der Waals surface area (Å²) in [6, 6.07) is 10.3. The number of amides is 2. The molecule has 0 bridgehead atoms. The number of hydrogen-bond donors (Lipinski definition) is 1. The lowest BCUT2D eigenvalue weighted by atomic mass is 9.81. The molecule has 2 amide bonds. The van der Waals surface area contributed by atoms with Gasteiger partial charge >= 0.3 is 0 Å². The molecule has 1 aromatic heterocycles. The SMILES string of the molecule is CC(C)C1CCc2sc(C(=O)NCc3cccc(CN4CCCC4=O)c3)cc2C1. The lowest BCUT2D eigenvalue weighted by Crippen LogP contribution is -2.24. The monoisotopic (exact) mass is 410 g/mol. The van der Waals surface area contributed by atoms with Crippen LogP contribution in [0.1, 0.15) is 64.3 Å². The van der Waals surface area contributed by atoms with E-state index in [0.29, 0.717) is 25.4 Å². The first-order valence-corrected chi connectivity index (χ1v) is 11.6. The van der Waals surface area contributed by atoms with Crippen molar-refractivity contribution in [2.24, 2.45) is 11.8 Å². The van der Waals surface area contributed by atoms with E-state index in [1.807, 2.05) is 17.0 Å². The lowest BCUT2D eigenvalue weighted by Gasteiger charge is -2.25. The molecule has 1 aromatic carbocycles. The highest BCUT2D eigenvalue weighted by Crippen LogP contribution is 2.35. The van der Waals surface area contributed by atoms with Crippen molar-refractivity contribution in [3.8, 4) is 0 Å². The largest absolute Gasteiger partial charge is 0.347 e. The van der Waals surface area contributed by atoms with Crippen LogP contribution in [0.25, 0.3) is 0 Å². The van der Waals surface area contributed by atoms with Crippen LogP contribution in [0.4, 0.5) is 0 Å². The fourth-order valence-corrected chi connectivity index (χ4v) is 5.56. The van der Waals surface area contributed by atoms with Crippen molar-refractivity contribution >= 4 is 23.2 Å². The molecule has 2 heterocycles. The third-order valence-corrected chi connectivity index (χ3v) is 7.51. The zero-order valence-electron chi connectivity index (χ0n) is 17.4.